The quantitative estimate of drug-likeness (QED) is 0.579. The maximum Gasteiger partial charge on any atom is 0.247 e. The summed E-state index contributed by atoms with van der Waals surface area (Å²) in [6.45, 7) is 3.84. The molecule has 0 saturated carbocycles. The van der Waals surface area contributed by atoms with E-state index in [2.05, 4.69) is 0 Å². The Morgan fingerprint density at radius 1 is 1.44 bits per heavy atom. The lowest BCUT2D eigenvalue weighted by atomic mass is 10.1. The maximum absolute atomic E-state index is 12.6. The Morgan fingerprint density at radius 3 is 2.44 bits per heavy atom. The number of hydrogen-bond acceptors (Lipinski definition) is 2. The van der Waals surface area contributed by atoms with Crippen LogP contribution in [0.2, 0.25) is 0 Å². The molecule has 0 spiro atoms. The van der Waals surface area contributed by atoms with Crippen LogP contribution < -0.4 is 0 Å². The fourth-order valence-corrected chi connectivity index (χ4v) is 1.36. The van der Waals surface area contributed by atoms with E-state index in [1.807, 2.05) is 13.8 Å². The normalized spacial score (nSPS) is 11.9. The molecule has 0 aromatic heterocycles. The molecule has 0 bridgehead atoms. The first-order valence-corrected chi connectivity index (χ1v) is 5.09. The van der Waals surface area contributed by atoms with Gasteiger partial charge >= 0.3 is 0 Å². The van der Waals surface area contributed by atoms with Crippen LogP contribution in [0.15, 0.2) is 30.0 Å². The molecule has 0 amide bonds. The number of nitrogens with zero attached hydrogens (tertiary/aromatic N) is 1. The third-order valence-electron chi connectivity index (χ3n) is 2.06. The summed E-state index contributed by atoms with van der Waals surface area (Å²) < 4.78 is 12.6. The molecule has 16 heavy (non-hydrogen) atoms. The molecule has 0 heterocycles. The van der Waals surface area contributed by atoms with E-state index in [1.54, 1.807) is 0 Å². The molecule has 0 unspecified atom stereocenters. The van der Waals surface area contributed by atoms with Gasteiger partial charge < -0.3 is 0 Å². The van der Waals surface area contributed by atoms with Crippen molar-refractivity contribution < 1.29 is 9.31 Å². The second-order valence-electron chi connectivity index (χ2n) is 4.04. The molecule has 1 aromatic rings. The lowest BCUT2D eigenvalue weighted by molar-refractivity contribution is -0.427. The first-order chi connectivity index (χ1) is 7.49. The van der Waals surface area contributed by atoms with E-state index in [1.165, 1.54) is 30.3 Å². The van der Waals surface area contributed by atoms with Crippen molar-refractivity contribution in [3.05, 3.63) is 51.5 Å². The van der Waals surface area contributed by atoms with Gasteiger partial charge in [-0.2, -0.15) is 0 Å². The first-order valence-electron chi connectivity index (χ1n) is 5.09. The predicted octanol–water partition coefficient (Wildman–Crippen LogP) is 3.49. The van der Waals surface area contributed by atoms with Gasteiger partial charge in [0.15, 0.2) is 0 Å². The Bertz CT molecular complexity index is 396. The third kappa shape index (κ3) is 3.81. The molecule has 0 aliphatic carbocycles. The average Bonchev–Trinajstić information content (AvgIpc) is 2.19. The predicted molar refractivity (Wildman–Crippen MR) is 60.8 cm³/mol. The van der Waals surface area contributed by atoms with Gasteiger partial charge in [0.1, 0.15) is 5.82 Å². The van der Waals surface area contributed by atoms with E-state index in [0.29, 0.717) is 12.0 Å². The summed E-state index contributed by atoms with van der Waals surface area (Å²) in [5.41, 5.74) is 0.801. The highest BCUT2D eigenvalue weighted by Crippen LogP contribution is 2.15. The lowest BCUT2D eigenvalue weighted by Gasteiger charge is -2.02. The van der Waals surface area contributed by atoms with Gasteiger partial charge in [-0.15, -0.1) is 0 Å². The van der Waals surface area contributed by atoms with Gasteiger partial charge in [-0.3, -0.25) is 10.1 Å². The molecule has 0 fully saturated rings. The second-order valence-corrected chi connectivity index (χ2v) is 4.04. The molecule has 86 valence electrons. The zero-order valence-corrected chi connectivity index (χ0v) is 9.31. The van der Waals surface area contributed by atoms with E-state index in [4.69, 9.17) is 0 Å². The first kappa shape index (κ1) is 12.4. The number of hydrogen-bond donors (Lipinski definition) is 0. The Hall–Kier alpha value is -1.71. The van der Waals surface area contributed by atoms with E-state index in [-0.39, 0.29) is 22.4 Å². The van der Waals surface area contributed by atoms with Crippen LogP contribution in [0.3, 0.4) is 0 Å². The van der Waals surface area contributed by atoms with Crippen molar-refractivity contribution in [2.24, 2.45) is 5.92 Å². The van der Waals surface area contributed by atoms with Crippen LogP contribution >= 0.6 is 0 Å². The minimum absolute atomic E-state index is 0.154. The summed E-state index contributed by atoms with van der Waals surface area (Å²) in [7, 11) is 0. The molecule has 1 aromatic carbocycles. The van der Waals surface area contributed by atoms with Crippen molar-refractivity contribution in [3.63, 3.8) is 0 Å². The van der Waals surface area contributed by atoms with Crippen molar-refractivity contribution in [1.29, 1.82) is 0 Å². The SMILES string of the molecule is CC(C)CC(=Cc1ccc(F)cc1)[N+](=O)[O-]. The lowest BCUT2D eigenvalue weighted by Crippen LogP contribution is -2.02. The zero-order chi connectivity index (χ0) is 12.1. The molecule has 0 saturated heterocycles. The third-order valence-corrected chi connectivity index (χ3v) is 2.06. The number of halogens is 1. The Kier molecular flexibility index (Phi) is 4.17. The maximum atomic E-state index is 12.6. The van der Waals surface area contributed by atoms with Crippen molar-refractivity contribution in [3.8, 4) is 0 Å². The standard InChI is InChI=1S/C12H14FNO2/c1-9(2)7-12(14(15)16)8-10-3-5-11(13)6-4-10/h3-6,8-9H,7H2,1-2H3. The molecule has 3 nitrogen and oxygen atoms in total. The van der Waals surface area contributed by atoms with Crippen molar-refractivity contribution >= 4 is 6.08 Å². The van der Waals surface area contributed by atoms with Crippen LogP contribution in [0.5, 0.6) is 0 Å². The smallest absolute Gasteiger partial charge is 0.247 e. The van der Waals surface area contributed by atoms with E-state index < -0.39 is 0 Å². The number of rotatable bonds is 4. The number of allylic oxidation sites excluding steroid dienone is 1. The van der Waals surface area contributed by atoms with Crippen LogP contribution in [-0.2, 0) is 0 Å². The highest BCUT2D eigenvalue weighted by atomic mass is 19.1. The Balaban J connectivity index is 2.93. The van der Waals surface area contributed by atoms with Crippen molar-refractivity contribution in [2.75, 3.05) is 0 Å². The topological polar surface area (TPSA) is 43.1 Å². The van der Waals surface area contributed by atoms with Crippen LogP contribution in [0.25, 0.3) is 6.08 Å². The summed E-state index contributed by atoms with van der Waals surface area (Å²) in [6.07, 6.45) is 1.89. The zero-order valence-electron chi connectivity index (χ0n) is 9.31. The molecule has 1 rings (SSSR count). The molecular formula is C12H14FNO2. The van der Waals surface area contributed by atoms with Gasteiger partial charge in [0, 0.05) is 12.5 Å². The molecule has 0 aliphatic heterocycles. The second kappa shape index (κ2) is 5.39. The minimum Gasteiger partial charge on any atom is -0.259 e. The molecular weight excluding hydrogens is 209 g/mol. The molecule has 0 aliphatic rings. The van der Waals surface area contributed by atoms with Crippen LogP contribution in [-0.4, -0.2) is 4.92 Å². The summed E-state index contributed by atoms with van der Waals surface area (Å²) in [6, 6.07) is 5.63. The highest BCUT2D eigenvalue weighted by Gasteiger charge is 2.12. The van der Waals surface area contributed by atoms with Gasteiger partial charge in [-0.1, -0.05) is 26.0 Å². The number of nitro groups is 1. The average molecular weight is 223 g/mol. The largest absolute Gasteiger partial charge is 0.259 e. The summed E-state index contributed by atoms with van der Waals surface area (Å²) in [5.74, 6) is -0.124. The van der Waals surface area contributed by atoms with Crippen LogP contribution in [0.1, 0.15) is 25.8 Å². The monoisotopic (exact) mass is 223 g/mol. The van der Waals surface area contributed by atoms with Gasteiger partial charge in [0.25, 0.3) is 0 Å². The van der Waals surface area contributed by atoms with Gasteiger partial charge in [0.05, 0.1) is 4.92 Å². The highest BCUT2D eigenvalue weighted by molar-refractivity contribution is 5.50. The van der Waals surface area contributed by atoms with Gasteiger partial charge in [-0.25, -0.2) is 4.39 Å². The molecule has 0 atom stereocenters. The summed E-state index contributed by atoms with van der Waals surface area (Å²) >= 11 is 0. The van der Waals surface area contributed by atoms with Crippen LogP contribution in [0, 0.1) is 21.8 Å². The van der Waals surface area contributed by atoms with Gasteiger partial charge in [-0.05, 0) is 23.6 Å². The summed E-state index contributed by atoms with van der Waals surface area (Å²) in [4.78, 5) is 10.4. The molecule has 0 N–H and O–H groups in total. The molecule has 0 radical (unpaired) electrons. The van der Waals surface area contributed by atoms with E-state index in [9.17, 15) is 14.5 Å². The summed E-state index contributed by atoms with van der Waals surface area (Å²) in [5, 5.41) is 10.8. The van der Waals surface area contributed by atoms with E-state index >= 15 is 0 Å². The Labute approximate surface area is 93.7 Å². The minimum atomic E-state index is -0.386. The van der Waals surface area contributed by atoms with Crippen LogP contribution in [0.4, 0.5) is 4.39 Å². The fraction of sp³-hybridized carbons (Fsp3) is 0.333. The van der Waals surface area contributed by atoms with E-state index in [0.717, 1.165) is 0 Å². The molecule has 4 heteroatoms. The van der Waals surface area contributed by atoms with Crippen molar-refractivity contribution in [1.82, 2.24) is 0 Å². The van der Waals surface area contributed by atoms with Gasteiger partial charge in [0.2, 0.25) is 5.70 Å². The Morgan fingerprint density at radius 2 is 2.00 bits per heavy atom. The fourth-order valence-electron chi connectivity index (χ4n) is 1.36. The van der Waals surface area contributed by atoms with Crippen molar-refractivity contribution in [2.45, 2.75) is 20.3 Å². The number of benzene rings is 1.